The number of nitrogens with one attached hydrogen (secondary N) is 1. The van der Waals surface area contributed by atoms with Crippen molar-refractivity contribution in [2.75, 3.05) is 37.7 Å². The lowest BCUT2D eigenvalue weighted by atomic mass is 9.92. The first kappa shape index (κ1) is 23.5. The molecule has 0 radical (unpaired) electrons. The molecule has 0 bridgehead atoms. The molecule has 3 rings (SSSR count). The molecule has 8 heteroatoms. The van der Waals surface area contributed by atoms with Gasteiger partial charge in [-0.3, -0.25) is 14.5 Å². The summed E-state index contributed by atoms with van der Waals surface area (Å²) >= 11 is 0. The van der Waals surface area contributed by atoms with E-state index >= 15 is 0 Å². The molecule has 0 aromatic rings. The number of piperidine rings is 1. The molecule has 2 amide bonds. The molecule has 7 nitrogen and oxygen atoms in total. The summed E-state index contributed by atoms with van der Waals surface area (Å²) in [6, 6.07) is 0.0398. The highest BCUT2D eigenvalue weighted by Gasteiger charge is 2.39. The summed E-state index contributed by atoms with van der Waals surface area (Å²) in [6.45, 7) is 4.76. The van der Waals surface area contributed by atoms with Crippen LogP contribution in [-0.2, 0) is 19.4 Å². The molecule has 3 aliphatic rings. The van der Waals surface area contributed by atoms with Crippen molar-refractivity contribution >= 4 is 21.7 Å². The van der Waals surface area contributed by atoms with Crippen LogP contribution in [-0.4, -0.2) is 79.8 Å². The number of rotatable bonds is 8. The number of sulfone groups is 1. The number of carbonyl (C=O) groups excluding carboxylic acids is 2. The van der Waals surface area contributed by atoms with Gasteiger partial charge in [0.05, 0.1) is 18.1 Å². The van der Waals surface area contributed by atoms with Crippen LogP contribution in [0.4, 0.5) is 0 Å². The van der Waals surface area contributed by atoms with E-state index in [1.807, 2.05) is 11.8 Å². The molecule has 0 spiro atoms. The lowest BCUT2D eigenvalue weighted by molar-refractivity contribution is -0.138. The lowest BCUT2D eigenvalue weighted by Crippen LogP contribution is -2.53. The van der Waals surface area contributed by atoms with Gasteiger partial charge in [0, 0.05) is 31.6 Å². The fourth-order valence-electron chi connectivity index (χ4n) is 5.37. The van der Waals surface area contributed by atoms with Crippen LogP contribution < -0.4 is 5.32 Å². The predicted molar refractivity (Wildman–Crippen MR) is 118 cm³/mol. The summed E-state index contributed by atoms with van der Waals surface area (Å²) in [5.74, 6) is 0.914. The maximum atomic E-state index is 13.4. The molecule has 1 saturated carbocycles. The molecule has 30 heavy (non-hydrogen) atoms. The Kier molecular flexibility index (Phi) is 8.57. The second kappa shape index (κ2) is 10.9. The Balaban J connectivity index is 1.58. The van der Waals surface area contributed by atoms with Gasteiger partial charge in [-0.25, -0.2) is 8.42 Å². The van der Waals surface area contributed by atoms with Crippen LogP contribution in [0.3, 0.4) is 0 Å². The molecule has 2 unspecified atom stereocenters. The summed E-state index contributed by atoms with van der Waals surface area (Å²) in [4.78, 5) is 29.3. The summed E-state index contributed by atoms with van der Waals surface area (Å²) in [7, 11) is -3.02. The van der Waals surface area contributed by atoms with E-state index in [9.17, 15) is 18.0 Å². The molecule has 2 aliphatic heterocycles. The largest absolute Gasteiger partial charge is 0.356 e. The average molecular weight is 442 g/mol. The van der Waals surface area contributed by atoms with Crippen molar-refractivity contribution in [2.24, 2.45) is 5.92 Å². The topological polar surface area (TPSA) is 86.8 Å². The van der Waals surface area contributed by atoms with E-state index in [2.05, 4.69) is 10.2 Å². The monoisotopic (exact) mass is 441 g/mol. The van der Waals surface area contributed by atoms with Gasteiger partial charge in [0.25, 0.3) is 0 Å². The Morgan fingerprint density at radius 2 is 1.80 bits per heavy atom. The number of hydrogen-bond donors (Lipinski definition) is 1. The van der Waals surface area contributed by atoms with Crippen molar-refractivity contribution in [1.29, 1.82) is 0 Å². The Hall–Kier alpha value is -1.15. The number of nitrogens with zero attached hydrogens (tertiary/aromatic N) is 2. The Morgan fingerprint density at radius 1 is 1.03 bits per heavy atom. The van der Waals surface area contributed by atoms with Gasteiger partial charge in [0.1, 0.15) is 0 Å². The van der Waals surface area contributed by atoms with Gasteiger partial charge in [-0.2, -0.15) is 0 Å². The van der Waals surface area contributed by atoms with Gasteiger partial charge in [-0.1, -0.05) is 26.2 Å². The maximum Gasteiger partial charge on any atom is 0.237 e. The van der Waals surface area contributed by atoms with E-state index in [1.165, 1.54) is 6.42 Å². The van der Waals surface area contributed by atoms with E-state index in [0.717, 1.165) is 58.0 Å². The van der Waals surface area contributed by atoms with Gasteiger partial charge in [0.2, 0.25) is 11.8 Å². The summed E-state index contributed by atoms with van der Waals surface area (Å²) < 4.78 is 24.1. The normalized spacial score (nSPS) is 27.6. The van der Waals surface area contributed by atoms with E-state index in [0.29, 0.717) is 31.8 Å². The van der Waals surface area contributed by atoms with Crippen LogP contribution in [0.5, 0.6) is 0 Å². The molecule has 0 aromatic heterocycles. The third kappa shape index (κ3) is 6.67. The highest BCUT2D eigenvalue weighted by molar-refractivity contribution is 7.91. The predicted octanol–water partition coefficient (Wildman–Crippen LogP) is 1.96. The average Bonchev–Trinajstić information content (AvgIpc) is 3.07. The molecule has 172 valence electrons. The smallest absolute Gasteiger partial charge is 0.237 e. The molecule has 2 atom stereocenters. The fraction of sp³-hybridized carbons (Fsp3) is 0.909. The van der Waals surface area contributed by atoms with E-state index in [4.69, 9.17) is 0 Å². The number of amides is 2. The first-order valence-electron chi connectivity index (χ1n) is 11.9. The summed E-state index contributed by atoms with van der Waals surface area (Å²) in [6.07, 6.45) is 9.54. The summed E-state index contributed by atoms with van der Waals surface area (Å²) in [5.41, 5.74) is 0. The zero-order chi connectivity index (χ0) is 21.6. The van der Waals surface area contributed by atoms with Crippen molar-refractivity contribution in [3.63, 3.8) is 0 Å². The SMILES string of the molecule is CCCC(=O)NCC1CCCN(CC(=O)N(C2CCCCC2)C2CCS(=O)(=O)C2)C1. The van der Waals surface area contributed by atoms with Crippen molar-refractivity contribution in [3.05, 3.63) is 0 Å². The first-order chi connectivity index (χ1) is 14.4. The van der Waals surface area contributed by atoms with Crippen LogP contribution in [0.15, 0.2) is 0 Å². The third-order valence-electron chi connectivity index (χ3n) is 6.88. The third-order valence-corrected chi connectivity index (χ3v) is 8.64. The van der Waals surface area contributed by atoms with Crippen LogP contribution in [0.1, 0.15) is 71.1 Å². The highest BCUT2D eigenvalue weighted by Crippen LogP contribution is 2.29. The van der Waals surface area contributed by atoms with Gasteiger partial charge in [-0.05, 0) is 51.0 Å². The van der Waals surface area contributed by atoms with Crippen LogP contribution in [0.2, 0.25) is 0 Å². The zero-order valence-electron chi connectivity index (χ0n) is 18.5. The van der Waals surface area contributed by atoms with E-state index in [1.54, 1.807) is 0 Å². The Bertz CT molecular complexity index is 690. The molecule has 2 saturated heterocycles. The van der Waals surface area contributed by atoms with Crippen LogP contribution in [0.25, 0.3) is 0 Å². The second-order valence-electron chi connectivity index (χ2n) is 9.45. The molecule has 0 aromatic carbocycles. The molecule has 1 aliphatic carbocycles. The molecular weight excluding hydrogens is 402 g/mol. The van der Waals surface area contributed by atoms with E-state index in [-0.39, 0.29) is 35.4 Å². The minimum atomic E-state index is -3.02. The quantitative estimate of drug-likeness (QED) is 0.622. The summed E-state index contributed by atoms with van der Waals surface area (Å²) in [5, 5.41) is 3.03. The zero-order valence-corrected chi connectivity index (χ0v) is 19.3. The van der Waals surface area contributed by atoms with Gasteiger partial charge in [-0.15, -0.1) is 0 Å². The maximum absolute atomic E-state index is 13.4. The molecular formula is C22H39N3O4S. The first-order valence-corrected chi connectivity index (χ1v) is 13.7. The highest BCUT2D eigenvalue weighted by atomic mass is 32.2. The minimum absolute atomic E-state index is 0.0969. The lowest BCUT2D eigenvalue weighted by Gasteiger charge is -2.40. The van der Waals surface area contributed by atoms with Crippen LogP contribution >= 0.6 is 0 Å². The van der Waals surface area contributed by atoms with Crippen LogP contribution in [0, 0.1) is 5.92 Å². The van der Waals surface area contributed by atoms with Gasteiger partial charge in [0.15, 0.2) is 9.84 Å². The van der Waals surface area contributed by atoms with E-state index < -0.39 is 9.84 Å². The van der Waals surface area contributed by atoms with Crippen molar-refractivity contribution in [2.45, 2.75) is 83.2 Å². The van der Waals surface area contributed by atoms with Crippen molar-refractivity contribution in [3.8, 4) is 0 Å². The van der Waals surface area contributed by atoms with Gasteiger partial charge >= 0.3 is 0 Å². The molecule has 3 fully saturated rings. The molecule has 1 N–H and O–H groups in total. The second-order valence-corrected chi connectivity index (χ2v) is 11.7. The van der Waals surface area contributed by atoms with Gasteiger partial charge < -0.3 is 10.2 Å². The minimum Gasteiger partial charge on any atom is -0.356 e. The fourth-order valence-corrected chi connectivity index (χ4v) is 7.08. The Labute approximate surface area is 181 Å². The molecule has 2 heterocycles. The number of carbonyl (C=O) groups is 2. The van der Waals surface area contributed by atoms with Crippen molar-refractivity contribution in [1.82, 2.24) is 15.1 Å². The van der Waals surface area contributed by atoms with Crippen molar-refractivity contribution < 1.29 is 18.0 Å². The standard InChI is InChI=1S/C22H39N3O4S/c1-2-7-21(26)23-14-18-8-6-12-24(15-18)16-22(27)25(19-9-4-3-5-10-19)20-11-13-30(28,29)17-20/h18-20H,2-17H2,1H3,(H,23,26). The Morgan fingerprint density at radius 3 is 2.47 bits per heavy atom. The number of likely N-dealkylation sites (tertiary alicyclic amines) is 1. The number of hydrogen-bond acceptors (Lipinski definition) is 5.